The molecule has 14 heavy (non-hydrogen) atoms. The van der Waals surface area contributed by atoms with Gasteiger partial charge in [-0.2, -0.15) is 0 Å². The Balaban J connectivity index is 3.11. The van der Waals surface area contributed by atoms with Gasteiger partial charge < -0.3 is 4.74 Å². The van der Waals surface area contributed by atoms with Crippen molar-refractivity contribution >= 4 is 15.7 Å². The summed E-state index contributed by atoms with van der Waals surface area (Å²) in [6.07, 6.45) is 0.983. The van der Waals surface area contributed by atoms with Gasteiger partial charge in [0.05, 0.1) is 19.1 Å². The van der Waals surface area contributed by atoms with Crippen LogP contribution in [0.2, 0.25) is 0 Å². The second-order valence-electron chi connectivity index (χ2n) is 2.72. The molecule has 1 rings (SSSR count). The lowest BCUT2D eigenvalue weighted by Gasteiger charge is -2.08. The maximum atomic E-state index is 12.8. The largest absolute Gasteiger partial charge is 0.495 e. The molecule has 0 saturated heterocycles. The van der Waals surface area contributed by atoms with Gasteiger partial charge in [0.1, 0.15) is 11.6 Å². The molecule has 4 nitrogen and oxygen atoms in total. The molecule has 0 aromatic heterocycles. The zero-order chi connectivity index (χ0) is 10.8. The summed E-state index contributed by atoms with van der Waals surface area (Å²) in [5, 5.41) is 0. The van der Waals surface area contributed by atoms with Crippen molar-refractivity contribution in [2.75, 3.05) is 18.1 Å². The fourth-order valence-electron chi connectivity index (χ4n) is 0.960. The van der Waals surface area contributed by atoms with Crippen LogP contribution in [0.25, 0.3) is 0 Å². The van der Waals surface area contributed by atoms with Gasteiger partial charge in [0, 0.05) is 6.07 Å². The van der Waals surface area contributed by atoms with E-state index in [1.807, 2.05) is 0 Å². The minimum absolute atomic E-state index is 0.0926. The molecule has 0 aliphatic heterocycles. The standard InChI is InChI=1S/C8H10FNO3S/c1-13-8-4-3-6(9)5-7(8)10-14(2,11)12/h3-5,10H,1-2H3. The van der Waals surface area contributed by atoms with Crippen LogP contribution >= 0.6 is 0 Å². The highest BCUT2D eigenvalue weighted by Crippen LogP contribution is 2.25. The lowest BCUT2D eigenvalue weighted by Crippen LogP contribution is -2.10. The molecule has 0 heterocycles. The first-order valence-electron chi connectivity index (χ1n) is 3.74. The number of sulfonamides is 1. The van der Waals surface area contributed by atoms with Crippen LogP contribution < -0.4 is 9.46 Å². The van der Waals surface area contributed by atoms with Crippen LogP contribution in [0.3, 0.4) is 0 Å². The second-order valence-corrected chi connectivity index (χ2v) is 4.47. The molecule has 0 saturated carbocycles. The minimum atomic E-state index is -3.42. The number of methoxy groups -OCH3 is 1. The smallest absolute Gasteiger partial charge is 0.229 e. The van der Waals surface area contributed by atoms with E-state index >= 15 is 0 Å². The Labute approximate surface area is 81.8 Å². The van der Waals surface area contributed by atoms with Crippen molar-refractivity contribution < 1.29 is 17.5 Å². The molecule has 0 radical (unpaired) electrons. The highest BCUT2D eigenvalue weighted by atomic mass is 32.2. The zero-order valence-electron chi connectivity index (χ0n) is 7.74. The Morgan fingerprint density at radius 2 is 2.07 bits per heavy atom. The summed E-state index contributed by atoms with van der Waals surface area (Å²) in [4.78, 5) is 0. The first-order valence-corrected chi connectivity index (χ1v) is 5.63. The maximum Gasteiger partial charge on any atom is 0.229 e. The Morgan fingerprint density at radius 3 is 2.57 bits per heavy atom. The molecule has 0 spiro atoms. The van der Waals surface area contributed by atoms with Crippen LogP contribution in [-0.2, 0) is 10.0 Å². The van der Waals surface area contributed by atoms with Gasteiger partial charge in [-0.25, -0.2) is 12.8 Å². The quantitative estimate of drug-likeness (QED) is 0.831. The highest BCUT2D eigenvalue weighted by molar-refractivity contribution is 7.92. The number of nitrogens with one attached hydrogen (secondary N) is 1. The lowest BCUT2D eigenvalue weighted by molar-refractivity contribution is 0.416. The van der Waals surface area contributed by atoms with E-state index in [1.165, 1.54) is 19.2 Å². The molecular weight excluding hydrogens is 209 g/mol. The monoisotopic (exact) mass is 219 g/mol. The van der Waals surface area contributed by atoms with Crippen LogP contribution in [0.15, 0.2) is 18.2 Å². The second kappa shape index (κ2) is 3.83. The number of rotatable bonds is 3. The molecule has 1 N–H and O–H groups in total. The highest BCUT2D eigenvalue weighted by Gasteiger charge is 2.08. The average molecular weight is 219 g/mol. The van der Waals surface area contributed by atoms with Crippen molar-refractivity contribution in [1.29, 1.82) is 0 Å². The third-order valence-corrected chi connectivity index (χ3v) is 2.05. The first-order chi connectivity index (χ1) is 6.42. The van der Waals surface area contributed by atoms with Gasteiger partial charge in [-0.3, -0.25) is 4.72 Å². The molecule has 0 atom stereocenters. The van der Waals surface area contributed by atoms with Crippen LogP contribution in [0.1, 0.15) is 0 Å². The van der Waals surface area contributed by atoms with Crippen LogP contribution in [0.5, 0.6) is 5.75 Å². The van der Waals surface area contributed by atoms with E-state index in [1.54, 1.807) is 0 Å². The van der Waals surface area contributed by atoms with Gasteiger partial charge in [-0.15, -0.1) is 0 Å². The van der Waals surface area contributed by atoms with Crippen LogP contribution in [0, 0.1) is 5.82 Å². The summed E-state index contributed by atoms with van der Waals surface area (Å²) >= 11 is 0. The fraction of sp³-hybridized carbons (Fsp3) is 0.250. The van der Waals surface area contributed by atoms with E-state index in [4.69, 9.17) is 4.74 Å². The number of halogens is 1. The van der Waals surface area contributed by atoms with E-state index < -0.39 is 15.8 Å². The molecule has 0 amide bonds. The van der Waals surface area contributed by atoms with Gasteiger partial charge in [0.2, 0.25) is 10.0 Å². The number of anilines is 1. The van der Waals surface area contributed by atoms with Crippen LogP contribution in [0.4, 0.5) is 10.1 Å². The maximum absolute atomic E-state index is 12.8. The van der Waals surface area contributed by atoms with E-state index in [-0.39, 0.29) is 11.4 Å². The predicted octanol–water partition coefficient (Wildman–Crippen LogP) is 1.21. The van der Waals surface area contributed by atoms with E-state index in [2.05, 4.69) is 4.72 Å². The molecule has 1 aromatic rings. The number of ether oxygens (including phenoxy) is 1. The molecule has 1 aromatic carbocycles. The van der Waals surface area contributed by atoms with Gasteiger partial charge >= 0.3 is 0 Å². The first kappa shape index (κ1) is 10.8. The molecule has 78 valence electrons. The topological polar surface area (TPSA) is 55.4 Å². The van der Waals surface area contributed by atoms with Gasteiger partial charge in [-0.05, 0) is 12.1 Å². The Bertz CT molecular complexity index is 430. The van der Waals surface area contributed by atoms with Crippen molar-refractivity contribution in [3.05, 3.63) is 24.0 Å². The summed E-state index contributed by atoms with van der Waals surface area (Å²) < 4.78 is 41.6. The molecule has 0 fully saturated rings. The lowest BCUT2D eigenvalue weighted by atomic mass is 10.3. The van der Waals surface area contributed by atoms with Gasteiger partial charge in [-0.1, -0.05) is 0 Å². The molecular formula is C8H10FNO3S. The van der Waals surface area contributed by atoms with Crippen molar-refractivity contribution in [2.24, 2.45) is 0 Å². The summed E-state index contributed by atoms with van der Waals surface area (Å²) in [7, 11) is -2.05. The van der Waals surface area contributed by atoms with Gasteiger partial charge in [0.15, 0.2) is 0 Å². The van der Waals surface area contributed by atoms with E-state index in [0.29, 0.717) is 0 Å². The number of hydrogen-bond donors (Lipinski definition) is 1. The van der Waals surface area contributed by atoms with E-state index in [0.717, 1.165) is 12.3 Å². The molecule has 0 bridgehead atoms. The van der Waals surface area contributed by atoms with E-state index in [9.17, 15) is 12.8 Å². The predicted molar refractivity (Wildman–Crippen MR) is 51.4 cm³/mol. The normalized spacial score (nSPS) is 11.1. The minimum Gasteiger partial charge on any atom is -0.495 e. The number of hydrogen-bond acceptors (Lipinski definition) is 3. The Kier molecular flexibility index (Phi) is 2.95. The van der Waals surface area contributed by atoms with Crippen molar-refractivity contribution in [1.82, 2.24) is 0 Å². The SMILES string of the molecule is COc1ccc(F)cc1NS(C)(=O)=O. The molecule has 0 unspecified atom stereocenters. The van der Waals surface area contributed by atoms with Crippen LogP contribution in [-0.4, -0.2) is 21.8 Å². The Hall–Kier alpha value is -1.30. The third kappa shape index (κ3) is 2.88. The summed E-state index contributed by atoms with van der Waals surface area (Å²) in [5.41, 5.74) is 0.0926. The molecule has 0 aliphatic carbocycles. The molecule has 6 heteroatoms. The number of benzene rings is 1. The average Bonchev–Trinajstić information content (AvgIpc) is 2.01. The third-order valence-electron chi connectivity index (χ3n) is 1.46. The summed E-state index contributed by atoms with van der Waals surface area (Å²) in [6, 6.07) is 3.59. The Morgan fingerprint density at radius 1 is 1.43 bits per heavy atom. The molecule has 0 aliphatic rings. The van der Waals surface area contributed by atoms with Crippen molar-refractivity contribution in [3.8, 4) is 5.75 Å². The zero-order valence-corrected chi connectivity index (χ0v) is 8.56. The van der Waals surface area contributed by atoms with Crippen molar-refractivity contribution in [2.45, 2.75) is 0 Å². The van der Waals surface area contributed by atoms with Crippen molar-refractivity contribution in [3.63, 3.8) is 0 Å². The van der Waals surface area contributed by atoms with Gasteiger partial charge in [0.25, 0.3) is 0 Å². The fourth-order valence-corrected chi connectivity index (χ4v) is 1.52. The summed E-state index contributed by atoms with van der Waals surface area (Å²) in [6.45, 7) is 0. The summed E-state index contributed by atoms with van der Waals surface area (Å²) in [5.74, 6) is -0.256.